The summed E-state index contributed by atoms with van der Waals surface area (Å²) in [6, 6.07) is 4.69. The SMILES string of the molecule is Cc1cnc(-c2oc3ccc(Cl)cc3c(=O)c2O)n1C. The van der Waals surface area contributed by atoms with Crippen LogP contribution < -0.4 is 5.43 Å². The molecule has 0 radical (unpaired) electrons. The minimum atomic E-state index is -0.524. The highest BCUT2D eigenvalue weighted by molar-refractivity contribution is 6.31. The standard InChI is InChI=1S/C14H11ClN2O3/c1-7-6-16-14(17(7)2)13-12(19)11(18)9-5-8(15)3-4-10(9)20-13/h3-6,19H,1-2H3. The van der Waals surface area contributed by atoms with Gasteiger partial charge in [0.25, 0.3) is 0 Å². The Labute approximate surface area is 119 Å². The first kappa shape index (κ1) is 12.7. The van der Waals surface area contributed by atoms with Gasteiger partial charge in [0.1, 0.15) is 5.58 Å². The lowest BCUT2D eigenvalue weighted by Gasteiger charge is -2.06. The summed E-state index contributed by atoms with van der Waals surface area (Å²) in [4.78, 5) is 16.3. The van der Waals surface area contributed by atoms with E-state index in [4.69, 9.17) is 16.0 Å². The summed E-state index contributed by atoms with van der Waals surface area (Å²) >= 11 is 5.85. The summed E-state index contributed by atoms with van der Waals surface area (Å²) in [5.41, 5.74) is 0.718. The number of imidazole rings is 1. The summed E-state index contributed by atoms with van der Waals surface area (Å²) < 4.78 is 7.35. The first-order valence-corrected chi connectivity index (χ1v) is 6.31. The molecule has 3 aromatic rings. The largest absolute Gasteiger partial charge is 0.501 e. The number of aryl methyl sites for hydroxylation is 1. The van der Waals surface area contributed by atoms with Crippen LogP contribution in [0.15, 0.2) is 33.6 Å². The maximum atomic E-state index is 12.2. The lowest BCUT2D eigenvalue weighted by Crippen LogP contribution is -2.04. The van der Waals surface area contributed by atoms with E-state index in [1.54, 1.807) is 29.9 Å². The number of hydrogen-bond acceptors (Lipinski definition) is 4. The molecule has 2 heterocycles. The van der Waals surface area contributed by atoms with Gasteiger partial charge in [0.2, 0.25) is 16.9 Å². The van der Waals surface area contributed by atoms with Crippen LogP contribution in [0.1, 0.15) is 5.69 Å². The van der Waals surface area contributed by atoms with Crippen molar-refractivity contribution in [3.05, 3.63) is 45.3 Å². The van der Waals surface area contributed by atoms with Crippen molar-refractivity contribution in [2.75, 3.05) is 0 Å². The smallest absolute Gasteiger partial charge is 0.235 e. The van der Waals surface area contributed by atoms with E-state index >= 15 is 0 Å². The quantitative estimate of drug-likeness (QED) is 0.748. The van der Waals surface area contributed by atoms with Gasteiger partial charge in [0.05, 0.1) is 5.39 Å². The first-order valence-electron chi connectivity index (χ1n) is 5.93. The summed E-state index contributed by atoms with van der Waals surface area (Å²) in [7, 11) is 1.78. The molecule has 0 aliphatic rings. The Balaban J connectivity index is 2.38. The van der Waals surface area contributed by atoms with Crippen LogP contribution in [0.25, 0.3) is 22.6 Å². The topological polar surface area (TPSA) is 68.3 Å². The molecule has 6 heteroatoms. The van der Waals surface area contributed by atoms with Crippen molar-refractivity contribution >= 4 is 22.6 Å². The molecule has 2 aromatic heterocycles. The van der Waals surface area contributed by atoms with Crippen LogP contribution >= 0.6 is 11.6 Å². The van der Waals surface area contributed by atoms with E-state index in [2.05, 4.69) is 4.98 Å². The Bertz CT molecular complexity index is 880. The maximum Gasteiger partial charge on any atom is 0.235 e. The molecule has 0 unspecified atom stereocenters. The zero-order chi connectivity index (χ0) is 14.4. The van der Waals surface area contributed by atoms with Crippen LogP contribution in [0.5, 0.6) is 5.75 Å². The van der Waals surface area contributed by atoms with Crippen molar-refractivity contribution in [1.82, 2.24) is 9.55 Å². The molecule has 0 aliphatic carbocycles. The van der Waals surface area contributed by atoms with E-state index in [0.717, 1.165) is 5.69 Å². The normalized spacial score (nSPS) is 11.2. The van der Waals surface area contributed by atoms with Gasteiger partial charge in [0.15, 0.2) is 5.82 Å². The molecule has 1 N–H and O–H groups in total. The fourth-order valence-corrected chi connectivity index (χ4v) is 2.19. The molecule has 0 aliphatic heterocycles. The Hall–Kier alpha value is -2.27. The van der Waals surface area contributed by atoms with Crippen molar-refractivity contribution < 1.29 is 9.52 Å². The van der Waals surface area contributed by atoms with Gasteiger partial charge < -0.3 is 14.1 Å². The number of benzene rings is 1. The number of halogens is 1. The molecule has 0 amide bonds. The van der Waals surface area contributed by atoms with Crippen molar-refractivity contribution in [2.45, 2.75) is 6.92 Å². The van der Waals surface area contributed by atoms with Crippen molar-refractivity contribution in [2.24, 2.45) is 7.05 Å². The van der Waals surface area contributed by atoms with Gasteiger partial charge in [-0.3, -0.25) is 4.79 Å². The lowest BCUT2D eigenvalue weighted by molar-refractivity contribution is 0.447. The fourth-order valence-electron chi connectivity index (χ4n) is 2.01. The van der Waals surface area contributed by atoms with Gasteiger partial charge in [-0.1, -0.05) is 11.6 Å². The molecule has 102 valence electrons. The average Bonchev–Trinajstić information content (AvgIpc) is 2.75. The number of nitrogens with zero attached hydrogens (tertiary/aromatic N) is 2. The van der Waals surface area contributed by atoms with Gasteiger partial charge in [0, 0.05) is 24.0 Å². The second kappa shape index (κ2) is 4.38. The fraction of sp³-hybridized carbons (Fsp3) is 0.143. The summed E-state index contributed by atoms with van der Waals surface area (Å²) in [5, 5.41) is 10.7. The minimum Gasteiger partial charge on any atom is -0.501 e. The molecular formula is C14H11ClN2O3. The summed E-state index contributed by atoms with van der Waals surface area (Å²) in [5.74, 6) is -0.0113. The summed E-state index contributed by atoms with van der Waals surface area (Å²) in [6.45, 7) is 1.87. The second-order valence-electron chi connectivity index (χ2n) is 4.53. The molecule has 0 fully saturated rings. The highest BCUT2D eigenvalue weighted by Crippen LogP contribution is 2.30. The molecule has 1 aromatic carbocycles. The number of fused-ring (bicyclic) bond motifs is 1. The third kappa shape index (κ3) is 1.78. The van der Waals surface area contributed by atoms with Gasteiger partial charge in [-0.25, -0.2) is 4.98 Å². The third-order valence-electron chi connectivity index (χ3n) is 3.25. The molecule has 0 saturated carbocycles. The van der Waals surface area contributed by atoms with Crippen molar-refractivity contribution in [3.63, 3.8) is 0 Å². The Morgan fingerprint density at radius 3 is 2.80 bits per heavy atom. The van der Waals surface area contributed by atoms with E-state index < -0.39 is 11.2 Å². The second-order valence-corrected chi connectivity index (χ2v) is 4.97. The number of rotatable bonds is 1. The van der Waals surface area contributed by atoms with Gasteiger partial charge in [-0.15, -0.1) is 0 Å². The highest BCUT2D eigenvalue weighted by atomic mass is 35.5. The zero-order valence-corrected chi connectivity index (χ0v) is 11.6. The summed E-state index contributed by atoms with van der Waals surface area (Å²) in [6.07, 6.45) is 1.64. The van der Waals surface area contributed by atoms with E-state index in [1.807, 2.05) is 6.92 Å². The molecule has 0 atom stereocenters. The molecule has 20 heavy (non-hydrogen) atoms. The highest BCUT2D eigenvalue weighted by Gasteiger charge is 2.19. The van der Waals surface area contributed by atoms with Crippen molar-refractivity contribution in [1.29, 1.82) is 0 Å². The van der Waals surface area contributed by atoms with Crippen LogP contribution in [-0.4, -0.2) is 14.7 Å². The van der Waals surface area contributed by atoms with Crippen LogP contribution in [-0.2, 0) is 7.05 Å². The molecule has 3 rings (SSSR count). The zero-order valence-electron chi connectivity index (χ0n) is 10.8. The Morgan fingerprint density at radius 1 is 1.40 bits per heavy atom. The lowest BCUT2D eigenvalue weighted by atomic mass is 10.2. The predicted octanol–water partition coefficient (Wildman–Crippen LogP) is 2.86. The van der Waals surface area contributed by atoms with E-state index in [9.17, 15) is 9.90 Å². The van der Waals surface area contributed by atoms with Gasteiger partial charge in [-0.2, -0.15) is 0 Å². The molecule has 5 nitrogen and oxygen atoms in total. The Morgan fingerprint density at radius 2 is 2.15 bits per heavy atom. The average molecular weight is 291 g/mol. The van der Waals surface area contributed by atoms with Crippen LogP contribution in [0, 0.1) is 6.92 Å². The van der Waals surface area contributed by atoms with Gasteiger partial charge in [-0.05, 0) is 25.1 Å². The number of hydrogen-bond donors (Lipinski definition) is 1. The van der Waals surface area contributed by atoms with Crippen LogP contribution in [0.4, 0.5) is 0 Å². The molecular weight excluding hydrogens is 280 g/mol. The first-order chi connectivity index (χ1) is 9.49. The Kier molecular flexibility index (Phi) is 2.79. The van der Waals surface area contributed by atoms with E-state index in [-0.39, 0.29) is 11.1 Å². The monoisotopic (exact) mass is 290 g/mol. The minimum absolute atomic E-state index is 0.0559. The van der Waals surface area contributed by atoms with E-state index in [1.165, 1.54) is 6.07 Å². The predicted molar refractivity (Wildman–Crippen MR) is 76.1 cm³/mol. The maximum absolute atomic E-state index is 12.2. The van der Waals surface area contributed by atoms with Crippen molar-refractivity contribution in [3.8, 4) is 17.3 Å². The van der Waals surface area contributed by atoms with Crippen LogP contribution in [0.3, 0.4) is 0 Å². The van der Waals surface area contributed by atoms with Crippen LogP contribution in [0.2, 0.25) is 5.02 Å². The molecule has 0 saturated heterocycles. The number of aromatic hydroxyl groups is 1. The van der Waals surface area contributed by atoms with Gasteiger partial charge >= 0.3 is 0 Å². The molecule has 0 bridgehead atoms. The third-order valence-corrected chi connectivity index (χ3v) is 3.49. The number of aromatic nitrogens is 2. The van der Waals surface area contributed by atoms with E-state index in [0.29, 0.717) is 16.4 Å². The molecule has 0 spiro atoms.